The van der Waals surface area contributed by atoms with Gasteiger partial charge < -0.3 is 9.80 Å². The molecule has 0 atom stereocenters. The van der Waals surface area contributed by atoms with E-state index >= 15 is 0 Å². The van der Waals surface area contributed by atoms with Gasteiger partial charge in [-0.3, -0.25) is 9.59 Å². The summed E-state index contributed by atoms with van der Waals surface area (Å²) in [5, 5.41) is 0.337. The number of benzene rings is 2. The summed E-state index contributed by atoms with van der Waals surface area (Å²) in [5.41, 5.74) is -0.162. The normalized spacial score (nSPS) is 14.8. The standard InChI is InChI=1S/C19H16ClF3N2O2/c20-14-5-2-1-4-12(14)18(26)24-8-3-9-25(11-10-24)19(27)13-6-7-15(21)17(23)16(13)22/h1-2,4-7H,3,8-11H2. The second kappa shape index (κ2) is 8.00. The molecule has 0 spiro atoms. The molecule has 0 saturated carbocycles. The highest BCUT2D eigenvalue weighted by Gasteiger charge is 2.27. The molecule has 27 heavy (non-hydrogen) atoms. The molecule has 1 aliphatic rings. The van der Waals surface area contributed by atoms with E-state index in [-0.39, 0.29) is 25.5 Å². The van der Waals surface area contributed by atoms with Crippen molar-refractivity contribution in [3.63, 3.8) is 0 Å². The molecule has 0 N–H and O–H groups in total. The molecule has 1 aliphatic heterocycles. The average molecular weight is 397 g/mol. The summed E-state index contributed by atoms with van der Waals surface area (Å²) < 4.78 is 40.4. The third kappa shape index (κ3) is 3.93. The van der Waals surface area contributed by atoms with Crippen LogP contribution in [-0.4, -0.2) is 47.8 Å². The van der Waals surface area contributed by atoms with Crippen molar-refractivity contribution in [3.8, 4) is 0 Å². The van der Waals surface area contributed by atoms with E-state index in [9.17, 15) is 22.8 Å². The molecule has 2 aromatic rings. The lowest BCUT2D eigenvalue weighted by atomic mass is 10.1. The van der Waals surface area contributed by atoms with Gasteiger partial charge >= 0.3 is 0 Å². The monoisotopic (exact) mass is 396 g/mol. The summed E-state index contributed by atoms with van der Waals surface area (Å²) in [6.07, 6.45) is 0.466. The molecule has 1 heterocycles. The SMILES string of the molecule is O=C(c1ccccc1Cl)N1CCCN(C(=O)c2ccc(F)c(F)c2F)CC1. The first-order valence-electron chi connectivity index (χ1n) is 8.36. The summed E-state index contributed by atoms with van der Waals surface area (Å²) in [4.78, 5) is 28.0. The van der Waals surface area contributed by atoms with Crippen LogP contribution in [0.1, 0.15) is 27.1 Å². The van der Waals surface area contributed by atoms with Gasteiger partial charge in [-0.2, -0.15) is 0 Å². The first-order valence-corrected chi connectivity index (χ1v) is 8.74. The Bertz CT molecular complexity index is 891. The number of halogens is 4. The van der Waals surface area contributed by atoms with E-state index in [2.05, 4.69) is 0 Å². The lowest BCUT2D eigenvalue weighted by molar-refractivity contribution is 0.0715. The van der Waals surface area contributed by atoms with Crippen molar-refractivity contribution in [3.05, 3.63) is 70.0 Å². The van der Waals surface area contributed by atoms with Crippen molar-refractivity contribution in [2.45, 2.75) is 6.42 Å². The van der Waals surface area contributed by atoms with E-state index < -0.39 is 28.9 Å². The minimum atomic E-state index is -1.67. The van der Waals surface area contributed by atoms with E-state index in [0.29, 0.717) is 23.6 Å². The lowest BCUT2D eigenvalue weighted by Gasteiger charge is -2.23. The van der Waals surface area contributed by atoms with E-state index in [4.69, 9.17) is 11.6 Å². The predicted octanol–water partition coefficient (Wildman–Crippen LogP) is 3.75. The first-order chi connectivity index (χ1) is 12.9. The molecular weight excluding hydrogens is 381 g/mol. The van der Waals surface area contributed by atoms with Crippen LogP contribution < -0.4 is 0 Å². The molecule has 0 unspecified atom stereocenters. The van der Waals surface area contributed by atoms with Crippen molar-refractivity contribution in [2.24, 2.45) is 0 Å². The molecule has 1 fully saturated rings. The van der Waals surface area contributed by atoms with Crippen molar-refractivity contribution in [1.82, 2.24) is 9.80 Å². The van der Waals surface area contributed by atoms with Gasteiger partial charge in [0.25, 0.3) is 11.8 Å². The zero-order valence-electron chi connectivity index (χ0n) is 14.2. The molecule has 0 radical (unpaired) electrons. The highest BCUT2D eigenvalue weighted by Crippen LogP contribution is 2.20. The van der Waals surface area contributed by atoms with E-state index in [0.717, 1.165) is 12.1 Å². The predicted molar refractivity (Wildman–Crippen MR) is 94.2 cm³/mol. The second-order valence-corrected chi connectivity index (χ2v) is 6.55. The van der Waals surface area contributed by atoms with Crippen LogP contribution in [0, 0.1) is 17.5 Å². The van der Waals surface area contributed by atoms with Crippen molar-refractivity contribution >= 4 is 23.4 Å². The number of hydrogen-bond donors (Lipinski definition) is 0. The number of carbonyl (C=O) groups is 2. The topological polar surface area (TPSA) is 40.6 Å². The van der Waals surface area contributed by atoms with Crippen molar-refractivity contribution in [2.75, 3.05) is 26.2 Å². The third-order valence-electron chi connectivity index (χ3n) is 4.44. The van der Waals surface area contributed by atoms with Gasteiger partial charge in [0.2, 0.25) is 0 Å². The number of carbonyl (C=O) groups excluding carboxylic acids is 2. The Labute approximate surface area is 159 Å². The molecule has 1 saturated heterocycles. The fourth-order valence-electron chi connectivity index (χ4n) is 2.99. The summed E-state index contributed by atoms with van der Waals surface area (Å²) in [6, 6.07) is 8.31. The molecular formula is C19H16ClF3N2O2. The van der Waals surface area contributed by atoms with E-state index in [1.807, 2.05) is 0 Å². The molecule has 0 aliphatic carbocycles. The van der Waals surface area contributed by atoms with Gasteiger partial charge in [0.05, 0.1) is 16.1 Å². The Balaban J connectivity index is 1.73. The van der Waals surface area contributed by atoms with Crippen LogP contribution >= 0.6 is 11.6 Å². The largest absolute Gasteiger partial charge is 0.337 e. The minimum Gasteiger partial charge on any atom is -0.337 e. The van der Waals surface area contributed by atoms with Crippen molar-refractivity contribution in [1.29, 1.82) is 0 Å². The van der Waals surface area contributed by atoms with Crippen LogP contribution in [0.3, 0.4) is 0 Å². The van der Waals surface area contributed by atoms with Crippen molar-refractivity contribution < 1.29 is 22.8 Å². The van der Waals surface area contributed by atoms with Crippen LogP contribution in [0.15, 0.2) is 36.4 Å². The van der Waals surface area contributed by atoms with Crippen LogP contribution in [-0.2, 0) is 0 Å². The highest BCUT2D eigenvalue weighted by molar-refractivity contribution is 6.33. The molecule has 3 rings (SSSR count). The molecule has 2 aromatic carbocycles. The zero-order valence-corrected chi connectivity index (χ0v) is 15.0. The third-order valence-corrected chi connectivity index (χ3v) is 4.77. The van der Waals surface area contributed by atoms with Crippen LogP contribution in [0.4, 0.5) is 13.2 Å². The molecule has 4 nitrogen and oxygen atoms in total. The van der Waals surface area contributed by atoms with E-state index in [1.54, 1.807) is 29.2 Å². The average Bonchev–Trinajstić information content (AvgIpc) is 2.92. The molecule has 0 bridgehead atoms. The van der Waals surface area contributed by atoms with Gasteiger partial charge in [0.15, 0.2) is 17.5 Å². The van der Waals surface area contributed by atoms with Gasteiger partial charge in [-0.05, 0) is 30.7 Å². The molecule has 8 heteroatoms. The maximum Gasteiger partial charge on any atom is 0.257 e. The van der Waals surface area contributed by atoms with Gasteiger partial charge in [-0.25, -0.2) is 13.2 Å². The van der Waals surface area contributed by atoms with Gasteiger partial charge in [0, 0.05) is 26.2 Å². The van der Waals surface area contributed by atoms with Crippen LogP contribution in [0.2, 0.25) is 5.02 Å². The Morgan fingerprint density at radius 3 is 2.00 bits per heavy atom. The lowest BCUT2D eigenvalue weighted by Crippen LogP contribution is -2.37. The summed E-state index contributed by atoms with van der Waals surface area (Å²) in [5.74, 6) is -5.52. The van der Waals surface area contributed by atoms with Gasteiger partial charge in [-0.15, -0.1) is 0 Å². The number of nitrogens with zero attached hydrogens (tertiary/aromatic N) is 2. The molecule has 2 amide bonds. The van der Waals surface area contributed by atoms with Crippen LogP contribution in [0.5, 0.6) is 0 Å². The summed E-state index contributed by atoms with van der Waals surface area (Å²) >= 11 is 6.06. The van der Waals surface area contributed by atoms with Gasteiger partial charge in [0.1, 0.15) is 0 Å². The fraction of sp³-hybridized carbons (Fsp3) is 0.263. The van der Waals surface area contributed by atoms with Crippen LogP contribution in [0.25, 0.3) is 0 Å². The quantitative estimate of drug-likeness (QED) is 0.725. The molecule has 142 valence electrons. The second-order valence-electron chi connectivity index (χ2n) is 6.14. The van der Waals surface area contributed by atoms with E-state index in [1.165, 1.54) is 4.90 Å². The first kappa shape index (κ1) is 19.2. The number of rotatable bonds is 2. The maximum absolute atomic E-state index is 13.9. The molecule has 0 aromatic heterocycles. The number of amides is 2. The zero-order chi connectivity index (χ0) is 19.6. The smallest absolute Gasteiger partial charge is 0.257 e. The Kier molecular flexibility index (Phi) is 5.70. The minimum absolute atomic E-state index is 0.146. The summed E-state index contributed by atoms with van der Waals surface area (Å²) in [7, 11) is 0. The highest BCUT2D eigenvalue weighted by atomic mass is 35.5. The Hall–Kier alpha value is -2.54. The summed E-state index contributed by atoms with van der Waals surface area (Å²) in [6.45, 7) is 1.03. The van der Waals surface area contributed by atoms with Gasteiger partial charge in [-0.1, -0.05) is 23.7 Å². The number of hydrogen-bond acceptors (Lipinski definition) is 2. The fourth-order valence-corrected chi connectivity index (χ4v) is 3.21. The Morgan fingerprint density at radius 1 is 0.778 bits per heavy atom. The maximum atomic E-state index is 13.9. The Morgan fingerprint density at radius 2 is 1.37 bits per heavy atom.